The molecule has 0 aliphatic carbocycles. The predicted octanol–water partition coefficient (Wildman–Crippen LogP) is -0.354. The molecule has 90 valence electrons. The van der Waals surface area contributed by atoms with E-state index in [9.17, 15) is 8.42 Å². The second-order valence-electron chi connectivity index (χ2n) is 3.73. The Bertz CT molecular complexity index is 279. The van der Waals surface area contributed by atoms with Crippen LogP contribution in [0.5, 0.6) is 0 Å². The fourth-order valence-electron chi connectivity index (χ4n) is 1.59. The molecule has 1 rings (SSSR count). The van der Waals surface area contributed by atoms with E-state index < -0.39 is 10.0 Å². The van der Waals surface area contributed by atoms with Gasteiger partial charge in [-0.1, -0.05) is 0 Å². The maximum absolute atomic E-state index is 11.8. The first-order valence-corrected chi connectivity index (χ1v) is 6.96. The van der Waals surface area contributed by atoms with Crippen LogP contribution in [0.3, 0.4) is 0 Å². The molecule has 0 amide bonds. The van der Waals surface area contributed by atoms with Crippen LogP contribution in [0, 0.1) is 0 Å². The van der Waals surface area contributed by atoms with E-state index in [4.69, 9.17) is 4.74 Å². The summed E-state index contributed by atoms with van der Waals surface area (Å²) in [5, 5.41) is 3.21. The lowest BCUT2D eigenvalue weighted by Crippen LogP contribution is -2.52. The Kier molecular flexibility index (Phi) is 4.98. The average Bonchev–Trinajstić information content (AvgIpc) is 2.18. The molecule has 15 heavy (non-hydrogen) atoms. The lowest BCUT2D eigenvalue weighted by molar-refractivity contribution is 0.162. The first kappa shape index (κ1) is 12.9. The molecule has 5 nitrogen and oxygen atoms in total. The van der Waals surface area contributed by atoms with E-state index in [0.717, 1.165) is 6.54 Å². The van der Waals surface area contributed by atoms with E-state index in [2.05, 4.69) is 5.32 Å². The van der Waals surface area contributed by atoms with Crippen LogP contribution in [0.25, 0.3) is 0 Å². The summed E-state index contributed by atoms with van der Waals surface area (Å²) in [6, 6.07) is 0.237. The Morgan fingerprint density at radius 3 is 2.87 bits per heavy atom. The molecule has 0 bridgehead atoms. The van der Waals surface area contributed by atoms with Crippen molar-refractivity contribution in [3.63, 3.8) is 0 Å². The fourth-order valence-corrected chi connectivity index (χ4v) is 2.99. The molecule has 0 aromatic carbocycles. The van der Waals surface area contributed by atoms with E-state index in [1.54, 1.807) is 4.31 Å². The van der Waals surface area contributed by atoms with E-state index in [-0.39, 0.29) is 18.4 Å². The second-order valence-corrected chi connectivity index (χ2v) is 5.81. The monoisotopic (exact) mass is 236 g/mol. The molecule has 6 heteroatoms. The molecule has 1 atom stereocenters. The highest BCUT2D eigenvalue weighted by molar-refractivity contribution is 7.89. The largest absolute Gasteiger partial charge is 0.381 e. The minimum atomic E-state index is -3.12. The molecule has 0 radical (unpaired) electrons. The summed E-state index contributed by atoms with van der Waals surface area (Å²) in [5.41, 5.74) is 0. The van der Waals surface area contributed by atoms with Crippen LogP contribution in [0.4, 0.5) is 0 Å². The molecule has 0 unspecified atom stereocenters. The summed E-state index contributed by atoms with van der Waals surface area (Å²) in [6.07, 6.45) is 0. The maximum atomic E-state index is 11.8. The van der Waals surface area contributed by atoms with Gasteiger partial charge in [-0.05, 0) is 13.8 Å². The Morgan fingerprint density at radius 1 is 1.53 bits per heavy atom. The van der Waals surface area contributed by atoms with Crippen molar-refractivity contribution in [3.8, 4) is 0 Å². The quantitative estimate of drug-likeness (QED) is 0.663. The summed E-state index contributed by atoms with van der Waals surface area (Å²) in [4.78, 5) is 0. The summed E-state index contributed by atoms with van der Waals surface area (Å²) < 4.78 is 30.3. The number of sulfonamides is 1. The summed E-state index contributed by atoms with van der Waals surface area (Å²) in [7, 11) is -3.12. The third kappa shape index (κ3) is 4.06. The van der Waals surface area contributed by atoms with Crippen molar-refractivity contribution >= 4 is 10.0 Å². The van der Waals surface area contributed by atoms with Gasteiger partial charge in [-0.15, -0.1) is 0 Å². The lowest BCUT2D eigenvalue weighted by Gasteiger charge is -2.30. The van der Waals surface area contributed by atoms with E-state index in [0.29, 0.717) is 19.7 Å². The molecule has 0 saturated carbocycles. The Hall–Kier alpha value is -0.170. The van der Waals surface area contributed by atoms with Crippen LogP contribution in [0.2, 0.25) is 0 Å². The van der Waals surface area contributed by atoms with Crippen molar-refractivity contribution < 1.29 is 13.2 Å². The van der Waals surface area contributed by atoms with Gasteiger partial charge in [-0.25, -0.2) is 8.42 Å². The van der Waals surface area contributed by atoms with Crippen LogP contribution in [-0.2, 0) is 14.8 Å². The maximum Gasteiger partial charge on any atom is 0.216 e. The number of rotatable bonds is 5. The van der Waals surface area contributed by atoms with Crippen molar-refractivity contribution in [3.05, 3.63) is 0 Å². The second kappa shape index (κ2) is 5.79. The van der Waals surface area contributed by atoms with Crippen LogP contribution in [0.15, 0.2) is 0 Å². The van der Waals surface area contributed by atoms with Gasteiger partial charge in [-0.3, -0.25) is 0 Å². The SMILES string of the molecule is CCOCCS(=O)(=O)N1CCN[C@H](C)C1. The van der Waals surface area contributed by atoms with Crippen LogP contribution < -0.4 is 5.32 Å². The Morgan fingerprint density at radius 2 is 2.27 bits per heavy atom. The highest BCUT2D eigenvalue weighted by Crippen LogP contribution is 2.06. The van der Waals surface area contributed by atoms with Gasteiger partial charge < -0.3 is 10.1 Å². The number of piperazine rings is 1. The third-order valence-corrected chi connectivity index (χ3v) is 4.22. The van der Waals surface area contributed by atoms with Gasteiger partial charge in [0.05, 0.1) is 12.4 Å². The fraction of sp³-hybridized carbons (Fsp3) is 1.00. The molecule has 1 heterocycles. The first-order chi connectivity index (χ1) is 7.06. The van der Waals surface area contributed by atoms with E-state index in [1.807, 2.05) is 13.8 Å². The lowest BCUT2D eigenvalue weighted by atomic mass is 10.3. The Balaban J connectivity index is 2.45. The van der Waals surface area contributed by atoms with Crippen LogP contribution >= 0.6 is 0 Å². The van der Waals surface area contributed by atoms with Crippen molar-refractivity contribution in [2.45, 2.75) is 19.9 Å². The van der Waals surface area contributed by atoms with Gasteiger partial charge >= 0.3 is 0 Å². The zero-order valence-corrected chi connectivity index (χ0v) is 10.2. The third-order valence-electron chi connectivity index (χ3n) is 2.41. The molecule has 1 N–H and O–H groups in total. The molecular formula is C9H20N2O3S. The first-order valence-electron chi connectivity index (χ1n) is 5.35. The zero-order chi connectivity index (χ0) is 11.3. The van der Waals surface area contributed by atoms with Crippen LogP contribution in [0.1, 0.15) is 13.8 Å². The van der Waals surface area contributed by atoms with Crippen molar-refractivity contribution in [1.82, 2.24) is 9.62 Å². The molecule has 0 spiro atoms. The molecule has 1 aliphatic rings. The molecule has 0 aromatic heterocycles. The van der Waals surface area contributed by atoms with Gasteiger partial charge in [0.15, 0.2) is 0 Å². The smallest absolute Gasteiger partial charge is 0.216 e. The molecule has 1 aliphatic heterocycles. The normalized spacial score (nSPS) is 24.3. The standard InChI is InChI=1S/C9H20N2O3S/c1-3-14-6-7-15(12,13)11-5-4-10-9(2)8-11/h9-10H,3-8H2,1-2H3/t9-/m1/s1. The predicted molar refractivity (Wildman–Crippen MR) is 59.3 cm³/mol. The minimum absolute atomic E-state index is 0.0908. The number of hydrogen-bond acceptors (Lipinski definition) is 4. The summed E-state index contributed by atoms with van der Waals surface area (Å²) >= 11 is 0. The number of nitrogens with one attached hydrogen (secondary N) is 1. The van der Waals surface area contributed by atoms with Gasteiger partial charge in [0.2, 0.25) is 10.0 Å². The van der Waals surface area contributed by atoms with E-state index in [1.165, 1.54) is 0 Å². The molecule has 1 saturated heterocycles. The van der Waals surface area contributed by atoms with Gasteiger partial charge in [-0.2, -0.15) is 4.31 Å². The van der Waals surface area contributed by atoms with E-state index >= 15 is 0 Å². The van der Waals surface area contributed by atoms with Crippen molar-refractivity contribution in [2.24, 2.45) is 0 Å². The Labute approximate surface area is 91.8 Å². The molecule has 0 aromatic rings. The topological polar surface area (TPSA) is 58.6 Å². The highest BCUT2D eigenvalue weighted by Gasteiger charge is 2.26. The van der Waals surface area contributed by atoms with Gasteiger partial charge in [0, 0.05) is 32.3 Å². The van der Waals surface area contributed by atoms with Gasteiger partial charge in [0.25, 0.3) is 0 Å². The van der Waals surface area contributed by atoms with Crippen molar-refractivity contribution in [2.75, 3.05) is 38.6 Å². The highest BCUT2D eigenvalue weighted by atomic mass is 32.2. The summed E-state index contributed by atoms with van der Waals surface area (Å²) in [6.45, 7) is 6.57. The number of ether oxygens (including phenoxy) is 1. The zero-order valence-electron chi connectivity index (χ0n) is 9.40. The van der Waals surface area contributed by atoms with Gasteiger partial charge in [0.1, 0.15) is 0 Å². The molecular weight excluding hydrogens is 216 g/mol. The van der Waals surface area contributed by atoms with Crippen molar-refractivity contribution in [1.29, 1.82) is 0 Å². The summed E-state index contributed by atoms with van der Waals surface area (Å²) in [5.74, 6) is 0.0908. The van der Waals surface area contributed by atoms with Crippen LogP contribution in [-0.4, -0.2) is 57.4 Å². The number of hydrogen-bond donors (Lipinski definition) is 1. The number of nitrogens with zero attached hydrogens (tertiary/aromatic N) is 1. The molecule has 1 fully saturated rings. The average molecular weight is 236 g/mol. The minimum Gasteiger partial charge on any atom is -0.381 e.